The topological polar surface area (TPSA) is 46.2 Å². The Bertz CT molecular complexity index is 193. The number of aryl methyl sites for hydroxylation is 2. The van der Waals surface area contributed by atoms with Gasteiger partial charge in [0.15, 0.2) is 0 Å². The first-order valence-electron chi connectivity index (χ1n) is 5.20. The largest absolute Gasteiger partial charge is 0.320 e. The molecule has 0 saturated heterocycles. The van der Waals surface area contributed by atoms with Gasteiger partial charge in [-0.3, -0.25) is 0 Å². The summed E-state index contributed by atoms with van der Waals surface area (Å²) in [6, 6.07) is 9.03. The third-order valence-electron chi connectivity index (χ3n) is 2.10. The summed E-state index contributed by atoms with van der Waals surface area (Å²) in [5, 5.41) is 6.50. The molecule has 0 saturated carbocycles. The maximum atomic E-state index is 6.50. The highest BCUT2D eigenvalue weighted by molar-refractivity contribution is 5.22. The maximum absolute atomic E-state index is 6.50. The predicted molar refractivity (Wildman–Crippen MR) is 60.4 cm³/mol. The molecule has 2 nitrogen and oxygen atoms in total. The standard InChI is InChI=1S/C12H18.H3NO/c1-3-5-11-7-9-12(6-4-2)10-8-11;1-2/h7-10H,3-6H2,1-2H3;2H,1H2. The zero-order valence-electron chi connectivity index (χ0n) is 9.16. The van der Waals surface area contributed by atoms with Gasteiger partial charge in [0.25, 0.3) is 0 Å². The highest BCUT2D eigenvalue weighted by Gasteiger charge is 1.92. The van der Waals surface area contributed by atoms with Crippen LogP contribution >= 0.6 is 0 Å². The van der Waals surface area contributed by atoms with Crippen LogP contribution in [0.15, 0.2) is 24.3 Å². The van der Waals surface area contributed by atoms with Crippen LogP contribution in [0.2, 0.25) is 0 Å². The number of hydrogen-bond acceptors (Lipinski definition) is 2. The maximum Gasteiger partial charge on any atom is -0.0281 e. The van der Waals surface area contributed by atoms with Crippen LogP contribution in [0.5, 0.6) is 0 Å². The molecule has 0 aliphatic carbocycles. The number of nitrogens with two attached hydrogens (primary N) is 1. The van der Waals surface area contributed by atoms with E-state index in [1.807, 2.05) is 0 Å². The van der Waals surface area contributed by atoms with E-state index in [1.165, 1.54) is 36.8 Å². The van der Waals surface area contributed by atoms with E-state index in [4.69, 9.17) is 5.21 Å². The highest BCUT2D eigenvalue weighted by Crippen LogP contribution is 2.07. The Morgan fingerprint density at radius 3 is 1.36 bits per heavy atom. The lowest BCUT2D eigenvalue weighted by Crippen LogP contribution is -1.85. The SMILES string of the molecule is CCCc1ccc(CCC)cc1.NO. The van der Waals surface area contributed by atoms with Crippen LogP contribution in [0.3, 0.4) is 0 Å². The molecule has 0 radical (unpaired) electrons. The van der Waals surface area contributed by atoms with E-state index in [9.17, 15) is 0 Å². The molecule has 0 bridgehead atoms. The minimum Gasteiger partial charge on any atom is -0.320 e. The van der Waals surface area contributed by atoms with Crippen molar-refractivity contribution >= 4 is 0 Å². The van der Waals surface area contributed by atoms with Crippen molar-refractivity contribution in [2.75, 3.05) is 0 Å². The fourth-order valence-electron chi connectivity index (χ4n) is 1.45. The smallest absolute Gasteiger partial charge is 0.0281 e. The van der Waals surface area contributed by atoms with Crippen LogP contribution in [0.4, 0.5) is 0 Å². The van der Waals surface area contributed by atoms with Gasteiger partial charge in [0, 0.05) is 0 Å². The first kappa shape index (κ1) is 13.1. The van der Waals surface area contributed by atoms with Crippen LogP contribution < -0.4 is 5.90 Å². The molecule has 0 amide bonds. The summed E-state index contributed by atoms with van der Waals surface area (Å²) in [5.41, 5.74) is 2.94. The van der Waals surface area contributed by atoms with Crippen molar-refractivity contribution in [3.05, 3.63) is 35.4 Å². The summed E-state index contributed by atoms with van der Waals surface area (Å²) in [4.78, 5) is 0. The Balaban J connectivity index is 0.000000791. The molecule has 1 aromatic carbocycles. The fraction of sp³-hybridized carbons (Fsp3) is 0.500. The quantitative estimate of drug-likeness (QED) is 0.726. The van der Waals surface area contributed by atoms with Gasteiger partial charge in [-0.05, 0) is 24.0 Å². The van der Waals surface area contributed by atoms with Crippen LogP contribution in [-0.2, 0) is 12.8 Å². The van der Waals surface area contributed by atoms with Crippen molar-refractivity contribution in [3.63, 3.8) is 0 Å². The van der Waals surface area contributed by atoms with Crippen LogP contribution in [0, 0.1) is 0 Å². The average Bonchev–Trinajstić information content (AvgIpc) is 2.25. The van der Waals surface area contributed by atoms with Crippen molar-refractivity contribution in [2.45, 2.75) is 39.5 Å². The summed E-state index contributed by atoms with van der Waals surface area (Å²) in [5.74, 6) is 3.50. The van der Waals surface area contributed by atoms with Gasteiger partial charge in [-0.15, -0.1) is 0 Å². The minimum absolute atomic E-state index is 1.21. The van der Waals surface area contributed by atoms with Crippen molar-refractivity contribution in [3.8, 4) is 0 Å². The van der Waals surface area contributed by atoms with Gasteiger partial charge in [0.05, 0.1) is 0 Å². The first-order valence-corrected chi connectivity index (χ1v) is 5.20. The number of benzene rings is 1. The summed E-state index contributed by atoms with van der Waals surface area (Å²) < 4.78 is 0. The first-order chi connectivity index (χ1) is 6.86. The zero-order chi connectivity index (χ0) is 10.8. The second-order valence-corrected chi connectivity index (χ2v) is 3.32. The van der Waals surface area contributed by atoms with Gasteiger partial charge in [0.2, 0.25) is 0 Å². The van der Waals surface area contributed by atoms with Gasteiger partial charge in [0.1, 0.15) is 0 Å². The van der Waals surface area contributed by atoms with Gasteiger partial charge in [-0.1, -0.05) is 51.0 Å². The lowest BCUT2D eigenvalue weighted by Gasteiger charge is -2.01. The Labute approximate surface area is 86.7 Å². The van der Waals surface area contributed by atoms with Gasteiger partial charge in [-0.2, -0.15) is 0 Å². The molecule has 0 aliphatic rings. The van der Waals surface area contributed by atoms with Crippen molar-refractivity contribution in [1.29, 1.82) is 0 Å². The summed E-state index contributed by atoms with van der Waals surface area (Å²) >= 11 is 0. The molecule has 3 N–H and O–H groups in total. The molecule has 0 atom stereocenters. The number of hydrogen-bond donors (Lipinski definition) is 2. The zero-order valence-corrected chi connectivity index (χ0v) is 9.16. The predicted octanol–water partition coefficient (Wildman–Crippen LogP) is 2.93. The average molecular weight is 195 g/mol. The van der Waals surface area contributed by atoms with Crippen LogP contribution in [0.1, 0.15) is 37.8 Å². The molecule has 0 heterocycles. The minimum atomic E-state index is 1.21. The van der Waals surface area contributed by atoms with E-state index in [0.29, 0.717) is 0 Å². The second-order valence-electron chi connectivity index (χ2n) is 3.32. The van der Waals surface area contributed by atoms with E-state index in [2.05, 4.69) is 44.0 Å². The normalized spacial score (nSPS) is 9.14. The Morgan fingerprint density at radius 2 is 1.14 bits per heavy atom. The van der Waals surface area contributed by atoms with Gasteiger partial charge in [-0.25, -0.2) is 5.90 Å². The molecule has 0 spiro atoms. The molecule has 2 heteroatoms. The van der Waals surface area contributed by atoms with Crippen molar-refractivity contribution in [1.82, 2.24) is 0 Å². The van der Waals surface area contributed by atoms with Crippen LogP contribution in [0.25, 0.3) is 0 Å². The van der Waals surface area contributed by atoms with Gasteiger partial charge >= 0.3 is 0 Å². The fourth-order valence-corrected chi connectivity index (χ4v) is 1.45. The molecule has 14 heavy (non-hydrogen) atoms. The second kappa shape index (κ2) is 8.73. The molecule has 1 rings (SSSR count). The molecule has 0 fully saturated rings. The highest BCUT2D eigenvalue weighted by atomic mass is 16.4. The molecule has 1 aromatic rings. The lowest BCUT2D eigenvalue weighted by molar-refractivity contribution is 0.311. The molecular formula is C12H21NO. The van der Waals surface area contributed by atoms with Crippen LogP contribution in [-0.4, -0.2) is 5.21 Å². The Morgan fingerprint density at radius 1 is 0.857 bits per heavy atom. The van der Waals surface area contributed by atoms with Gasteiger partial charge < -0.3 is 5.21 Å². The van der Waals surface area contributed by atoms with E-state index in [0.717, 1.165) is 0 Å². The molecule has 0 unspecified atom stereocenters. The van der Waals surface area contributed by atoms with Crippen molar-refractivity contribution < 1.29 is 5.21 Å². The summed E-state index contributed by atoms with van der Waals surface area (Å²) in [6.07, 6.45) is 4.92. The Hall–Kier alpha value is -0.860. The lowest BCUT2D eigenvalue weighted by atomic mass is 10.1. The summed E-state index contributed by atoms with van der Waals surface area (Å²) in [6.45, 7) is 4.44. The monoisotopic (exact) mass is 195 g/mol. The van der Waals surface area contributed by atoms with E-state index < -0.39 is 0 Å². The third-order valence-corrected chi connectivity index (χ3v) is 2.10. The summed E-state index contributed by atoms with van der Waals surface area (Å²) in [7, 11) is 0. The third kappa shape index (κ3) is 5.00. The molecule has 0 aromatic heterocycles. The molecule has 80 valence electrons. The van der Waals surface area contributed by atoms with E-state index >= 15 is 0 Å². The van der Waals surface area contributed by atoms with E-state index in [1.54, 1.807) is 0 Å². The molecular weight excluding hydrogens is 174 g/mol. The van der Waals surface area contributed by atoms with E-state index in [-0.39, 0.29) is 0 Å². The molecule has 0 aliphatic heterocycles. The van der Waals surface area contributed by atoms with Crippen molar-refractivity contribution in [2.24, 2.45) is 5.90 Å². The number of rotatable bonds is 4. The Kier molecular flexibility index (Phi) is 8.19.